The van der Waals surface area contributed by atoms with Gasteiger partial charge in [-0.2, -0.15) is 0 Å². The lowest BCUT2D eigenvalue weighted by Crippen LogP contribution is -2.37. The van der Waals surface area contributed by atoms with Gasteiger partial charge < -0.3 is 4.90 Å². The predicted octanol–water partition coefficient (Wildman–Crippen LogP) is 4.22. The van der Waals surface area contributed by atoms with Crippen molar-refractivity contribution < 1.29 is 9.59 Å². The average molecular weight is 411 g/mol. The van der Waals surface area contributed by atoms with Gasteiger partial charge in [-0.05, 0) is 43.0 Å². The lowest BCUT2D eigenvalue weighted by molar-refractivity contribution is -0.120. The summed E-state index contributed by atoms with van der Waals surface area (Å²) in [5.74, 6) is -0.478. The van der Waals surface area contributed by atoms with Crippen LogP contribution in [0.4, 0.5) is 5.69 Å². The Bertz CT molecular complexity index is 886. The van der Waals surface area contributed by atoms with Gasteiger partial charge in [-0.25, -0.2) is 4.90 Å². The minimum Gasteiger partial charge on any atom is -0.366 e. The molecule has 2 aromatic rings. The molecule has 132 valence electrons. The van der Waals surface area contributed by atoms with E-state index in [1.54, 1.807) is 12.1 Å². The third-order valence-electron chi connectivity index (χ3n) is 4.86. The number of halogens is 1. The number of imide groups is 1. The highest BCUT2D eigenvalue weighted by atomic mass is 79.9. The number of carbonyl (C=O) groups excluding carboxylic acids is 2. The molecule has 0 radical (unpaired) electrons. The van der Waals surface area contributed by atoms with E-state index in [4.69, 9.17) is 0 Å². The second-order valence-electron chi connectivity index (χ2n) is 6.56. The van der Waals surface area contributed by atoms with E-state index in [0.29, 0.717) is 17.0 Å². The molecule has 4 rings (SSSR count). The standard InChI is InChI=1S/C21H19BrN2O2/c22-16-10-7-11-17(14-16)24-20(25)18(15-8-3-1-4-9-15)19(21(24)26)23-12-5-2-6-13-23/h1,3-4,7-11,14H,2,5-6,12-13H2. The molecule has 2 aliphatic rings. The molecule has 0 aromatic heterocycles. The van der Waals surface area contributed by atoms with E-state index in [1.165, 1.54) is 11.3 Å². The van der Waals surface area contributed by atoms with Crippen LogP contribution in [0.2, 0.25) is 0 Å². The normalized spacial score (nSPS) is 18.0. The second-order valence-corrected chi connectivity index (χ2v) is 7.48. The molecule has 2 amide bonds. The minimum atomic E-state index is -0.250. The zero-order valence-electron chi connectivity index (χ0n) is 14.3. The lowest BCUT2D eigenvalue weighted by atomic mass is 10.0. The predicted molar refractivity (Wildman–Crippen MR) is 105 cm³/mol. The van der Waals surface area contributed by atoms with Gasteiger partial charge in [-0.15, -0.1) is 0 Å². The number of anilines is 1. The Labute approximate surface area is 161 Å². The van der Waals surface area contributed by atoms with Gasteiger partial charge in [0.1, 0.15) is 5.70 Å². The number of rotatable bonds is 3. The Morgan fingerprint density at radius 3 is 2.23 bits per heavy atom. The van der Waals surface area contributed by atoms with Gasteiger partial charge in [-0.1, -0.05) is 52.3 Å². The smallest absolute Gasteiger partial charge is 0.282 e. The molecule has 0 saturated carbocycles. The lowest BCUT2D eigenvalue weighted by Gasteiger charge is -2.29. The van der Waals surface area contributed by atoms with Crippen LogP contribution >= 0.6 is 15.9 Å². The summed E-state index contributed by atoms with van der Waals surface area (Å²) in [7, 11) is 0. The summed E-state index contributed by atoms with van der Waals surface area (Å²) in [5.41, 5.74) is 2.44. The number of hydrogen-bond donors (Lipinski definition) is 0. The monoisotopic (exact) mass is 410 g/mol. The van der Waals surface area contributed by atoms with Gasteiger partial charge in [-0.3, -0.25) is 9.59 Å². The zero-order valence-corrected chi connectivity index (χ0v) is 15.9. The highest BCUT2D eigenvalue weighted by Crippen LogP contribution is 2.36. The maximum absolute atomic E-state index is 13.3. The second kappa shape index (κ2) is 7.08. The van der Waals surface area contributed by atoms with E-state index >= 15 is 0 Å². The molecule has 0 bridgehead atoms. The van der Waals surface area contributed by atoms with Crippen molar-refractivity contribution >= 4 is 39.0 Å². The van der Waals surface area contributed by atoms with Crippen LogP contribution in [0.25, 0.3) is 5.57 Å². The molecule has 5 heteroatoms. The summed E-state index contributed by atoms with van der Waals surface area (Å²) in [6.45, 7) is 1.63. The van der Waals surface area contributed by atoms with Gasteiger partial charge in [0.25, 0.3) is 11.8 Å². The Kier molecular flexibility index (Phi) is 4.64. The molecule has 26 heavy (non-hydrogen) atoms. The maximum Gasteiger partial charge on any atom is 0.282 e. The number of amides is 2. The molecule has 0 spiro atoms. The van der Waals surface area contributed by atoms with E-state index in [0.717, 1.165) is 36.0 Å². The van der Waals surface area contributed by atoms with Crippen LogP contribution in [0.5, 0.6) is 0 Å². The molecule has 0 N–H and O–H groups in total. The van der Waals surface area contributed by atoms with Gasteiger partial charge in [0, 0.05) is 17.6 Å². The van der Waals surface area contributed by atoms with Crippen molar-refractivity contribution in [3.8, 4) is 0 Å². The van der Waals surface area contributed by atoms with Gasteiger partial charge in [0.15, 0.2) is 0 Å². The van der Waals surface area contributed by atoms with Crippen molar-refractivity contribution in [2.75, 3.05) is 18.0 Å². The Morgan fingerprint density at radius 1 is 0.808 bits per heavy atom. The van der Waals surface area contributed by atoms with E-state index in [-0.39, 0.29) is 11.8 Å². The Hall–Kier alpha value is -2.40. The van der Waals surface area contributed by atoms with E-state index in [2.05, 4.69) is 20.8 Å². The van der Waals surface area contributed by atoms with Gasteiger partial charge in [0.05, 0.1) is 11.3 Å². The average Bonchev–Trinajstić information content (AvgIpc) is 2.93. The van der Waals surface area contributed by atoms with Crippen LogP contribution in [0.15, 0.2) is 64.8 Å². The SMILES string of the molecule is O=C1C(c2ccccc2)=C(N2CCCCC2)C(=O)N1c1cccc(Br)c1. The number of hydrogen-bond acceptors (Lipinski definition) is 3. The number of nitrogens with zero attached hydrogens (tertiary/aromatic N) is 2. The van der Waals surface area contributed by atoms with E-state index in [9.17, 15) is 9.59 Å². The molecule has 0 aliphatic carbocycles. The number of likely N-dealkylation sites (tertiary alicyclic amines) is 1. The summed E-state index contributed by atoms with van der Waals surface area (Å²) in [6, 6.07) is 16.8. The Balaban J connectivity index is 1.83. The molecule has 1 saturated heterocycles. The molecular weight excluding hydrogens is 392 g/mol. The summed E-state index contributed by atoms with van der Waals surface area (Å²) < 4.78 is 0.836. The van der Waals surface area contributed by atoms with Crippen LogP contribution in [-0.4, -0.2) is 29.8 Å². The number of carbonyl (C=O) groups is 2. The Morgan fingerprint density at radius 2 is 1.54 bits per heavy atom. The molecule has 0 atom stereocenters. The first-order valence-electron chi connectivity index (χ1n) is 8.86. The molecular formula is C21H19BrN2O2. The first kappa shape index (κ1) is 17.0. The molecule has 0 unspecified atom stereocenters. The molecule has 4 nitrogen and oxygen atoms in total. The van der Waals surface area contributed by atoms with Crippen molar-refractivity contribution in [2.24, 2.45) is 0 Å². The number of benzene rings is 2. The van der Waals surface area contributed by atoms with Gasteiger partial charge in [0.2, 0.25) is 0 Å². The van der Waals surface area contributed by atoms with Crippen LogP contribution in [0.3, 0.4) is 0 Å². The third-order valence-corrected chi connectivity index (χ3v) is 5.35. The van der Waals surface area contributed by atoms with Crippen molar-refractivity contribution in [3.05, 3.63) is 70.3 Å². The summed E-state index contributed by atoms with van der Waals surface area (Å²) in [4.78, 5) is 30.0. The van der Waals surface area contributed by atoms with Crippen LogP contribution in [0, 0.1) is 0 Å². The fourth-order valence-electron chi connectivity index (χ4n) is 3.64. The first-order valence-corrected chi connectivity index (χ1v) is 9.65. The van der Waals surface area contributed by atoms with Crippen molar-refractivity contribution in [1.29, 1.82) is 0 Å². The van der Waals surface area contributed by atoms with Crippen LogP contribution in [-0.2, 0) is 9.59 Å². The van der Waals surface area contributed by atoms with Crippen molar-refractivity contribution in [1.82, 2.24) is 4.90 Å². The van der Waals surface area contributed by atoms with E-state index < -0.39 is 0 Å². The highest BCUT2D eigenvalue weighted by Gasteiger charge is 2.42. The fourth-order valence-corrected chi connectivity index (χ4v) is 4.03. The largest absolute Gasteiger partial charge is 0.366 e. The molecule has 2 aromatic carbocycles. The zero-order chi connectivity index (χ0) is 18.1. The third kappa shape index (κ3) is 2.97. The summed E-state index contributed by atoms with van der Waals surface area (Å²) in [5, 5.41) is 0. The number of piperidine rings is 1. The fraction of sp³-hybridized carbons (Fsp3) is 0.238. The topological polar surface area (TPSA) is 40.6 Å². The maximum atomic E-state index is 13.3. The van der Waals surface area contributed by atoms with Gasteiger partial charge >= 0.3 is 0 Å². The highest BCUT2D eigenvalue weighted by molar-refractivity contribution is 9.10. The van der Waals surface area contributed by atoms with Crippen molar-refractivity contribution in [2.45, 2.75) is 19.3 Å². The molecule has 2 aliphatic heterocycles. The summed E-state index contributed by atoms with van der Waals surface area (Å²) in [6.07, 6.45) is 3.26. The molecule has 1 fully saturated rings. The minimum absolute atomic E-state index is 0.228. The van der Waals surface area contributed by atoms with E-state index in [1.807, 2.05) is 42.5 Å². The molecule has 2 heterocycles. The van der Waals surface area contributed by atoms with Crippen LogP contribution < -0.4 is 4.90 Å². The van der Waals surface area contributed by atoms with Crippen molar-refractivity contribution in [3.63, 3.8) is 0 Å². The van der Waals surface area contributed by atoms with Crippen LogP contribution in [0.1, 0.15) is 24.8 Å². The first-order chi connectivity index (χ1) is 12.7. The quantitative estimate of drug-likeness (QED) is 0.711. The summed E-state index contributed by atoms with van der Waals surface area (Å²) >= 11 is 3.43.